The number of carbonyl (C=O) groups excluding carboxylic acids is 2. The third-order valence-electron chi connectivity index (χ3n) is 5.57. The Bertz CT molecular complexity index is 1840. The minimum Gasteiger partial charge on any atom is -0.507 e. The summed E-state index contributed by atoms with van der Waals surface area (Å²) in [6.45, 7) is 2.76. The smallest absolute Gasteiger partial charge is 0.294 e. The van der Waals surface area contributed by atoms with Crippen LogP contribution in [0.15, 0.2) is 70.5 Å². The van der Waals surface area contributed by atoms with Crippen molar-refractivity contribution in [2.24, 2.45) is 0 Å². The lowest BCUT2D eigenvalue weighted by Gasteiger charge is -2.16. The Morgan fingerprint density at radius 3 is 1.62 bits per heavy atom. The second-order valence-corrected chi connectivity index (χ2v) is 11.3. The second kappa shape index (κ2) is 10.9. The molecular formula is C25H24N2O10S2. The largest absolute Gasteiger partial charge is 0.507 e. The fourth-order valence-electron chi connectivity index (χ4n) is 3.58. The molecule has 0 spiro atoms. The lowest BCUT2D eigenvalue weighted by atomic mass is 10.1. The number of hydrogen-bond donors (Lipinski definition) is 5. The van der Waals surface area contributed by atoms with Crippen molar-refractivity contribution in [1.82, 2.24) is 0 Å². The first-order chi connectivity index (χ1) is 18.0. The molecule has 0 aliphatic carbocycles. The van der Waals surface area contributed by atoms with Crippen LogP contribution in [0.2, 0.25) is 0 Å². The van der Waals surface area contributed by atoms with Gasteiger partial charge in [-0.3, -0.25) is 18.7 Å². The van der Waals surface area contributed by atoms with Crippen molar-refractivity contribution in [2.75, 3.05) is 17.3 Å². The zero-order valence-corrected chi connectivity index (χ0v) is 22.4. The molecule has 0 aliphatic heterocycles. The number of phenolic OH excluding ortho intramolecular Hbond substituents is 2. The van der Waals surface area contributed by atoms with Gasteiger partial charge in [-0.2, -0.15) is 16.8 Å². The molecule has 12 nitrogen and oxygen atoms in total. The average molecular weight is 577 g/mol. The van der Waals surface area contributed by atoms with E-state index in [2.05, 4.69) is 5.32 Å². The molecule has 39 heavy (non-hydrogen) atoms. The van der Waals surface area contributed by atoms with Crippen LogP contribution in [0.1, 0.15) is 13.8 Å². The number of fused-ring (bicyclic) bond motifs is 2. The molecule has 0 bridgehead atoms. The van der Waals surface area contributed by atoms with Gasteiger partial charge >= 0.3 is 0 Å². The highest BCUT2D eigenvalue weighted by Crippen LogP contribution is 2.32. The fraction of sp³-hybridized carbons (Fsp3) is 0.120. The molecule has 0 radical (unpaired) electrons. The lowest BCUT2D eigenvalue weighted by molar-refractivity contribution is -0.116. The van der Waals surface area contributed by atoms with Crippen molar-refractivity contribution in [2.45, 2.75) is 23.6 Å². The maximum atomic E-state index is 11.3. The van der Waals surface area contributed by atoms with Gasteiger partial charge in [0.2, 0.25) is 11.8 Å². The molecule has 0 aromatic heterocycles. The minimum absolute atomic E-state index is 0.168. The molecule has 0 aliphatic rings. The van der Waals surface area contributed by atoms with Crippen molar-refractivity contribution in [3.05, 3.63) is 60.7 Å². The molecule has 0 heterocycles. The van der Waals surface area contributed by atoms with E-state index in [1.807, 2.05) is 0 Å². The van der Waals surface area contributed by atoms with E-state index in [1.165, 1.54) is 43.0 Å². The maximum absolute atomic E-state index is 11.3. The molecule has 0 saturated heterocycles. The first-order valence-corrected chi connectivity index (χ1v) is 13.9. The monoisotopic (exact) mass is 576 g/mol. The summed E-state index contributed by atoms with van der Waals surface area (Å²) in [4.78, 5) is 22.9. The Kier molecular flexibility index (Phi) is 8.16. The van der Waals surface area contributed by atoms with E-state index in [1.54, 1.807) is 31.3 Å². The number of benzene rings is 4. The molecule has 4 aromatic carbocycles. The van der Waals surface area contributed by atoms with Crippen LogP contribution in [0, 0.1) is 0 Å². The van der Waals surface area contributed by atoms with Gasteiger partial charge in [0.25, 0.3) is 20.2 Å². The van der Waals surface area contributed by atoms with Crippen LogP contribution in [0.5, 0.6) is 11.5 Å². The van der Waals surface area contributed by atoms with Crippen LogP contribution in [-0.4, -0.2) is 55.0 Å². The van der Waals surface area contributed by atoms with Crippen molar-refractivity contribution in [3.63, 3.8) is 0 Å². The van der Waals surface area contributed by atoms with E-state index in [0.29, 0.717) is 32.9 Å². The highest BCUT2D eigenvalue weighted by Gasteiger charge is 2.15. The molecule has 0 atom stereocenters. The van der Waals surface area contributed by atoms with E-state index in [-0.39, 0.29) is 33.1 Å². The first-order valence-electron chi connectivity index (χ1n) is 11.0. The number of amides is 2. The van der Waals surface area contributed by atoms with Crippen LogP contribution < -0.4 is 10.2 Å². The topological polar surface area (TPSA) is 199 Å². The third-order valence-corrected chi connectivity index (χ3v) is 7.23. The summed E-state index contributed by atoms with van der Waals surface area (Å²) in [6.07, 6.45) is 0. The highest BCUT2D eigenvalue weighted by atomic mass is 32.2. The molecule has 2 amide bonds. The van der Waals surface area contributed by atoms with Gasteiger partial charge in [0.15, 0.2) is 0 Å². The van der Waals surface area contributed by atoms with Crippen molar-refractivity contribution in [3.8, 4) is 11.5 Å². The van der Waals surface area contributed by atoms with Crippen LogP contribution in [0.25, 0.3) is 21.5 Å². The van der Waals surface area contributed by atoms with Gasteiger partial charge in [-0.15, -0.1) is 0 Å². The summed E-state index contributed by atoms with van der Waals surface area (Å²) in [7, 11) is -7.17. The summed E-state index contributed by atoms with van der Waals surface area (Å²) < 4.78 is 62.2. The number of aromatic hydroxyl groups is 2. The third kappa shape index (κ3) is 7.00. The number of nitrogens with one attached hydrogen (secondary N) is 1. The molecule has 0 fully saturated rings. The van der Waals surface area contributed by atoms with Crippen LogP contribution in [0.4, 0.5) is 11.4 Å². The van der Waals surface area contributed by atoms with Crippen molar-refractivity contribution < 1.29 is 45.7 Å². The standard InChI is InChI=1S/C13H13NO5S.C12H11NO5S/c1-8(15)14(2)10-4-3-9-5-11(20(17,18)19)7-13(16)12(9)6-10;1-7(14)13-9-3-2-8-4-10(19(16,17)18)6-12(15)11(8)5-9/h3-7,16H,1-2H3,(H,17,18,19);2-6,15H,1H3,(H,13,14)(H,16,17,18). The zero-order chi connectivity index (χ0) is 29.3. The van der Waals surface area contributed by atoms with E-state index >= 15 is 0 Å². The quantitative estimate of drug-likeness (QED) is 0.224. The Morgan fingerprint density at radius 1 is 0.718 bits per heavy atom. The summed E-state index contributed by atoms with van der Waals surface area (Å²) in [5.74, 6) is -1.00. The predicted octanol–water partition coefficient (Wildman–Crippen LogP) is 3.53. The molecule has 5 N–H and O–H groups in total. The van der Waals surface area contributed by atoms with E-state index in [4.69, 9.17) is 9.11 Å². The maximum Gasteiger partial charge on any atom is 0.294 e. The lowest BCUT2D eigenvalue weighted by Crippen LogP contribution is -2.22. The predicted molar refractivity (Wildman–Crippen MR) is 144 cm³/mol. The van der Waals surface area contributed by atoms with Gasteiger partial charge in [-0.1, -0.05) is 12.1 Å². The fourth-order valence-corrected chi connectivity index (χ4v) is 4.65. The molecular weight excluding hydrogens is 552 g/mol. The Hall–Kier alpha value is -4.24. The number of nitrogens with zero attached hydrogens (tertiary/aromatic N) is 1. The van der Waals surface area contributed by atoms with Gasteiger partial charge < -0.3 is 20.4 Å². The molecule has 0 saturated carbocycles. The molecule has 0 unspecified atom stereocenters. The van der Waals surface area contributed by atoms with Gasteiger partial charge in [0.1, 0.15) is 11.5 Å². The number of phenols is 2. The van der Waals surface area contributed by atoms with E-state index in [9.17, 15) is 36.6 Å². The SMILES string of the molecule is CC(=O)N(C)c1ccc2cc(S(=O)(=O)O)cc(O)c2c1.CC(=O)Nc1ccc2cc(S(=O)(=O)O)cc(O)c2c1. The van der Waals surface area contributed by atoms with Crippen LogP contribution >= 0.6 is 0 Å². The summed E-state index contributed by atoms with van der Waals surface area (Å²) in [6, 6.07) is 13.8. The molecule has 14 heteroatoms. The number of anilines is 2. The van der Waals surface area contributed by atoms with Crippen LogP contribution in [0.3, 0.4) is 0 Å². The second-order valence-electron chi connectivity index (χ2n) is 8.44. The normalized spacial score (nSPS) is 11.5. The van der Waals surface area contributed by atoms with Crippen molar-refractivity contribution in [1.29, 1.82) is 0 Å². The summed E-state index contributed by atoms with van der Waals surface area (Å²) in [5.41, 5.74) is 1.05. The molecule has 4 aromatic rings. The van der Waals surface area contributed by atoms with E-state index in [0.717, 1.165) is 12.1 Å². The van der Waals surface area contributed by atoms with E-state index < -0.39 is 20.2 Å². The first kappa shape index (κ1) is 29.3. The van der Waals surface area contributed by atoms with Gasteiger partial charge in [-0.05, 0) is 47.2 Å². The average Bonchev–Trinajstić information content (AvgIpc) is 2.82. The highest BCUT2D eigenvalue weighted by molar-refractivity contribution is 7.86. The Balaban J connectivity index is 0.000000216. The van der Waals surface area contributed by atoms with Crippen LogP contribution in [-0.2, 0) is 29.8 Å². The molecule has 4 rings (SSSR count). The number of rotatable bonds is 4. The van der Waals surface area contributed by atoms with Gasteiger partial charge in [-0.25, -0.2) is 0 Å². The summed E-state index contributed by atoms with van der Waals surface area (Å²) in [5, 5.41) is 23.9. The minimum atomic E-state index is -4.38. The molecule has 206 valence electrons. The van der Waals surface area contributed by atoms with Gasteiger partial charge in [0, 0.05) is 55.2 Å². The zero-order valence-electron chi connectivity index (χ0n) is 20.8. The number of hydrogen-bond acceptors (Lipinski definition) is 8. The Morgan fingerprint density at radius 2 is 1.18 bits per heavy atom. The number of carbonyl (C=O) groups is 2. The van der Waals surface area contributed by atoms with Crippen molar-refractivity contribution >= 4 is 65.0 Å². The summed E-state index contributed by atoms with van der Waals surface area (Å²) >= 11 is 0. The van der Waals surface area contributed by atoms with Gasteiger partial charge in [0.05, 0.1) is 9.79 Å². The Labute approximate surface area is 223 Å².